The van der Waals surface area contributed by atoms with Crippen molar-refractivity contribution in [3.63, 3.8) is 0 Å². The lowest BCUT2D eigenvalue weighted by atomic mass is 10.1. The van der Waals surface area contributed by atoms with E-state index in [0.717, 1.165) is 16.7 Å². The highest BCUT2D eigenvalue weighted by Gasteiger charge is 2.42. The van der Waals surface area contributed by atoms with Crippen LogP contribution in [0.1, 0.15) is 30.5 Å². The van der Waals surface area contributed by atoms with Gasteiger partial charge in [0.15, 0.2) is 0 Å². The van der Waals surface area contributed by atoms with Gasteiger partial charge in [-0.25, -0.2) is 21.1 Å². The van der Waals surface area contributed by atoms with Gasteiger partial charge in [0, 0.05) is 0 Å². The molecule has 1 atom stereocenters. The summed E-state index contributed by atoms with van der Waals surface area (Å²) in [5.41, 5.74) is 2.91. The van der Waals surface area contributed by atoms with Crippen LogP contribution in [-0.4, -0.2) is 35.1 Å². The summed E-state index contributed by atoms with van der Waals surface area (Å²) in [5.74, 6) is -1.54. The fourth-order valence-electron chi connectivity index (χ4n) is 3.73. The van der Waals surface area contributed by atoms with Gasteiger partial charge in [-0.15, -0.1) is 0 Å². The van der Waals surface area contributed by atoms with Crippen molar-refractivity contribution in [3.05, 3.63) is 47.0 Å². The van der Waals surface area contributed by atoms with E-state index >= 15 is 0 Å². The van der Waals surface area contributed by atoms with Crippen molar-refractivity contribution in [2.24, 2.45) is 5.92 Å². The van der Waals surface area contributed by atoms with Crippen molar-refractivity contribution in [2.75, 3.05) is 21.4 Å². The van der Waals surface area contributed by atoms with Gasteiger partial charge < -0.3 is 4.74 Å². The Morgan fingerprint density at radius 2 is 1.74 bits per heavy atom. The number of carbonyl (C=O) groups excluding carboxylic acids is 1. The molecule has 8 nitrogen and oxygen atoms in total. The summed E-state index contributed by atoms with van der Waals surface area (Å²) in [5, 5.41) is 0. The fraction of sp³-hybridized carbons (Fsp3) is 0.381. The van der Waals surface area contributed by atoms with Gasteiger partial charge in [-0.05, 0) is 57.0 Å². The standard InChI is InChI=1S/C21H26N2O6S2/c1-6-29-18-8-7-17(23-21(24)16(5)12-30(23,25)26)11-19(18)31(27,28)22-20-14(3)9-13(2)10-15(20)4/h7-11,16,22H,6,12H2,1-5H3. The first-order chi connectivity index (χ1) is 14.4. The largest absolute Gasteiger partial charge is 0.492 e. The lowest BCUT2D eigenvalue weighted by Gasteiger charge is -2.20. The van der Waals surface area contributed by atoms with Crippen LogP contribution >= 0.6 is 0 Å². The maximum atomic E-state index is 13.3. The van der Waals surface area contributed by atoms with E-state index in [-0.39, 0.29) is 28.7 Å². The monoisotopic (exact) mass is 466 g/mol. The van der Waals surface area contributed by atoms with E-state index in [1.165, 1.54) is 25.1 Å². The summed E-state index contributed by atoms with van der Waals surface area (Å²) in [4.78, 5) is 12.2. The molecule has 10 heteroatoms. The highest BCUT2D eigenvalue weighted by molar-refractivity contribution is 7.94. The third kappa shape index (κ3) is 4.40. The lowest BCUT2D eigenvalue weighted by molar-refractivity contribution is -0.119. The third-order valence-corrected chi connectivity index (χ3v) is 8.26. The van der Waals surface area contributed by atoms with E-state index in [2.05, 4.69) is 4.72 Å². The van der Waals surface area contributed by atoms with Crippen molar-refractivity contribution in [1.29, 1.82) is 0 Å². The zero-order chi connectivity index (χ0) is 23.1. The number of aryl methyl sites for hydroxylation is 3. The molecule has 0 bridgehead atoms. The van der Waals surface area contributed by atoms with E-state index < -0.39 is 31.9 Å². The van der Waals surface area contributed by atoms with Crippen LogP contribution in [0.2, 0.25) is 0 Å². The van der Waals surface area contributed by atoms with Crippen LogP contribution in [0, 0.1) is 26.7 Å². The second kappa shape index (κ2) is 8.16. The number of rotatable bonds is 6. The number of hydrogen-bond acceptors (Lipinski definition) is 6. The van der Waals surface area contributed by atoms with Crippen LogP contribution in [0.4, 0.5) is 11.4 Å². The van der Waals surface area contributed by atoms with E-state index in [0.29, 0.717) is 9.99 Å². The Hall–Kier alpha value is -2.59. The van der Waals surface area contributed by atoms with Gasteiger partial charge >= 0.3 is 0 Å². The number of benzene rings is 2. The van der Waals surface area contributed by atoms with Gasteiger partial charge in [0.1, 0.15) is 10.6 Å². The molecule has 31 heavy (non-hydrogen) atoms. The van der Waals surface area contributed by atoms with E-state index in [4.69, 9.17) is 4.74 Å². The quantitative estimate of drug-likeness (QED) is 0.700. The minimum Gasteiger partial charge on any atom is -0.492 e. The van der Waals surface area contributed by atoms with Crippen LogP contribution in [-0.2, 0) is 24.8 Å². The van der Waals surface area contributed by atoms with Crippen LogP contribution < -0.4 is 13.8 Å². The SMILES string of the molecule is CCOc1ccc(N2C(=O)C(C)CS2(=O)=O)cc1S(=O)(=O)Nc1c(C)cc(C)cc1C. The Morgan fingerprint density at radius 3 is 2.26 bits per heavy atom. The predicted molar refractivity (Wildman–Crippen MR) is 120 cm³/mol. The molecule has 1 fully saturated rings. The van der Waals surface area contributed by atoms with Gasteiger partial charge in [0.05, 0.1) is 29.7 Å². The van der Waals surface area contributed by atoms with E-state index in [1.54, 1.807) is 20.8 Å². The van der Waals surface area contributed by atoms with Gasteiger partial charge in [-0.2, -0.15) is 0 Å². The zero-order valence-electron chi connectivity index (χ0n) is 18.1. The van der Waals surface area contributed by atoms with Gasteiger partial charge in [0.25, 0.3) is 10.0 Å². The number of nitrogens with zero attached hydrogens (tertiary/aromatic N) is 1. The van der Waals surface area contributed by atoms with Crippen molar-refractivity contribution in [3.8, 4) is 5.75 Å². The lowest BCUT2D eigenvalue weighted by Crippen LogP contribution is -2.30. The average Bonchev–Trinajstić information content (AvgIpc) is 2.86. The Balaban J connectivity index is 2.13. The maximum Gasteiger partial charge on any atom is 0.265 e. The normalized spacial score (nSPS) is 18.3. The number of amides is 1. The summed E-state index contributed by atoms with van der Waals surface area (Å²) >= 11 is 0. The molecule has 0 saturated carbocycles. The molecule has 1 unspecified atom stereocenters. The molecule has 1 N–H and O–H groups in total. The first kappa shape index (κ1) is 23.1. The second-order valence-electron chi connectivity index (χ2n) is 7.73. The minimum atomic E-state index is -4.15. The highest BCUT2D eigenvalue weighted by atomic mass is 32.2. The fourth-order valence-corrected chi connectivity index (χ4v) is 6.91. The molecular weight excluding hydrogens is 440 g/mol. The zero-order valence-corrected chi connectivity index (χ0v) is 19.7. The number of sulfonamides is 2. The van der Waals surface area contributed by atoms with Crippen LogP contribution in [0.25, 0.3) is 0 Å². The molecule has 1 amide bonds. The number of anilines is 2. The number of hydrogen-bond donors (Lipinski definition) is 1. The van der Waals surface area contributed by atoms with Gasteiger partial charge in [-0.3, -0.25) is 9.52 Å². The van der Waals surface area contributed by atoms with E-state index in [9.17, 15) is 21.6 Å². The summed E-state index contributed by atoms with van der Waals surface area (Å²) in [6, 6.07) is 7.64. The number of ether oxygens (including phenoxy) is 1. The summed E-state index contributed by atoms with van der Waals surface area (Å²) in [7, 11) is -8.03. The molecule has 0 spiro atoms. The Labute approximate surface area is 183 Å². The molecule has 2 aromatic carbocycles. The summed E-state index contributed by atoms with van der Waals surface area (Å²) in [6.07, 6.45) is 0. The molecule has 3 rings (SSSR count). The molecular formula is C21H26N2O6S2. The average molecular weight is 467 g/mol. The van der Waals surface area contributed by atoms with E-state index in [1.807, 2.05) is 19.1 Å². The predicted octanol–water partition coefficient (Wildman–Crippen LogP) is 3.12. The smallest absolute Gasteiger partial charge is 0.265 e. The van der Waals surface area contributed by atoms with Crippen molar-refractivity contribution in [1.82, 2.24) is 0 Å². The molecule has 0 aromatic heterocycles. The van der Waals surface area contributed by atoms with Crippen molar-refractivity contribution >= 4 is 37.3 Å². The second-order valence-corrected chi connectivity index (χ2v) is 11.2. The molecule has 1 aliphatic heterocycles. The van der Waals surface area contributed by atoms with Gasteiger partial charge in [-0.1, -0.05) is 24.6 Å². The van der Waals surface area contributed by atoms with Crippen LogP contribution in [0.3, 0.4) is 0 Å². The first-order valence-electron chi connectivity index (χ1n) is 9.81. The van der Waals surface area contributed by atoms with Crippen molar-refractivity contribution < 1.29 is 26.4 Å². The Bertz CT molecular complexity index is 1230. The Kier molecular flexibility index (Phi) is 6.07. The Morgan fingerprint density at radius 1 is 1.13 bits per heavy atom. The van der Waals surface area contributed by atoms with Crippen LogP contribution in [0.15, 0.2) is 35.2 Å². The molecule has 0 radical (unpaired) electrons. The van der Waals surface area contributed by atoms with Crippen molar-refractivity contribution in [2.45, 2.75) is 39.5 Å². The van der Waals surface area contributed by atoms with Crippen LogP contribution in [0.5, 0.6) is 5.75 Å². The van der Waals surface area contributed by atoms with Gasteiger partial charge in [0.2, 0.25) is 15.9 Å². The topological polar surface area (TPSA) is 110 Å². The maximum absolute atomic E-state index is 13.3. The summed E-state index contributed by atoms with van der Waals surface area (Å²) < 4.78 is 60.3. The molecule has 1 saturated heterocycles. The number of carbonyl (C=O) groups is 1. The number of nitrogens with one attached hydrogen (secondary N) is 1. The molecule has 1 aliphatic rings. The minimum absolute atomic E-state index is 0.0319. The molecule has 0 aliphatic carbocycles. The molecule has 2 aromatic rings. The third-order valence-electron chi connectivity index (χ3n) is 5.03. The summed E-state index contributed by atoms with van der Waals surface area (Å²) in [6.45, 7) is 8.97. The molecule has 168 valence electrons. The molecule has 1 heterocycles. The first-order valence-corrected chi connectivity index (χ1v) is 12.9. The highest BCUT2D eigenvalue weighted by Crippen LogP contribution is 2.35.